The van der Waals surface area contributed by atoms with Crippen LogP contribution in [0.1, 0.15) is 5.56 Å². The molecule has 2 aromatic rings. The minimum Gasteiger partial charge on any atom is -0.465 e. The number of methoxy groups -OCH3 is 1. The first-order chi connectivity index (χ1) is 9.22. The number of ether oxygens (including phenoxy) is 1. The minimum absolute atomic E-state index is 0.0275. The molecule has 2 rings (SSSR count). The fourth-order valence-electron chi connectivity index (χ4n) is 1.90. The Hall–Kier alpha value is -2.19. The third-order valence-corrected chi connectivity index (χ3v) is 3.60. The maximum absolute atomic E-state index is 11.6. The Kier molecular flexibility index (Phi) is 3.93. The number of rotatable bonds is 3. The van der Waals surface area contributed by atoms with Crippen molar-refractivity contribution in [1.82, 2.24) is 4.98 Å². The molecule has 0 saturated heterocycles. The maximum Gasteiger partial charge on any atom is 0.349 e. The molecule has 0 spiro atoms. The van der Waals surface area contributed by atoms with E-state index >= 15 is 0 Å². The Morgan fingerprint density at radius 3 is 2.79 bits per heavy atom. The summed E-state index contributed by atoms with van der Waals surface area (Å²) in [5, 5.41) is 10.1. The van der Waals surface area contributed by atoms with Crippen LogP contribution in [0.25, 0.3) is 15.8 Å². The molecule has 1 heterocycles. The zero-order chi connectivity index (χ0) is 13.8. The highest BCUT2D eigenvalue weighted by molar-refractivity contribution is 8.07. The van der Waals surface area contributed by atoms with E-state index in [-0.39, 0.29) is 5.57 Å². The van der Waals surface area contributed by atoms with Gasteiger partial charge in [-0.15, -0.1) is 11.8 Å². The van der Waals surface area contributed by atoms with Gasteiger partial charge in [-0.05, 0) is 12.3 Å². The van der Waals surface area contributed by atoms with Gasteiger partial charge in [-0.1, -0.05) is 18.2 Å². The largest absolute Gasteiger partial charge is 0.465 e. The van der Waals surface area contributed by atoms with Gasteiger partial charge in [0.25, 0.3) is 0 Å². The molecule has 0 aliphatic carbocycles. The van der Waals surface area contributed by atoms with Gasteiger partial charge in [0.05, 0.1) is 7.11 Å². The van der Waals surface area contributed by atoms with E-state index in [4.69, 9.17) is 5.26 Å². The van der Waals surface area contributed by atoms with Crippen LogP contribution in [0.2, 0.25) is 0 Å². The molecule has 0 bridgehead atoms. The number of carbonyl (C=O) groups excluding carboxylic acids is 1. The number of hydrogen-bond acceptors (Lipinski definition) is 4. The summed E-state index contributed by atoms with van der Waals surface area (Å²) < 4.78 is 4.65. The van der Waals surface area contributed by atoms with Gasteiger partial charge >= 0.3 is 5.97 Å². The number of carbonyl (C=O) groups is 1. The Labute approximate surface area is 115 Å². The van der Waals surface area contributed by atoms with Crippen LogP contribution in [0.3, 0.4) is 0 Å². The van der Waals surface area contributed by atoms with E-state index in [0.29, 0.717) is 4.91 Å². The number of esters is 1. The third kappa shape index (κ3) is 2.35. The molecular formula is C14H12N2O2S. The molecule has 0 radical (unpaired) electrons. The summed E-state index contributed by atoms with van der Waals surface area (Å²) >= 11 is 1.36. The molecule has 0 fully saturated rings. The average Bonchev–Trinajstić information content (AvgIpc) is 2.87. The lowest BCUT2D eigenvalue weighted by Crippen LogP contribution is -2.05. The van der Waals surface area contributed by atoms with Crippen molar-refractivity contribution in [1.29, 1.82) is 5.26 Å². The predicted octanol–water partition coefficient (Wildman–Crippen LogP) is 2.94. The highest BCUT2D eigenvalue weighted by Gasteiger charge is 2.19. The molecule has 19 heavy (non-hydrogen) atoms. The normalized spacial score (nSPS) is 11.8. The SMILES string of the molecule is COC(=O)/C(C#N)=C(\SC)c1c[nH]c2ccccc12. The number of hydrogen-bond donors (Lipinski definition) is 1. The first-order valence-corrected chi connectivity index (χ1v) is 6.78. The van der Waals surface area contributed by atoms with Crippen molar-refractivity contribution in [2.75, 3.05) is 13.4 Å². The van der Waals surface area contributed by atoms with Crippen LogP contribution in [0.15, 0.2) is 36.0 Å². The summed E-state index contributed by atoms with van der Waals surface area (Å²) in [6, 6.07) is 9.67. The molecule has 4 nitrogen and oxygen atoms in total. The van der Waals surface area contributed by atoms with Crippen LogP contribution >= 0.6 is 11.8 Å². The van der Waals surface area contributed by atoms with Crippen LogP contribution in [-0.2, 0) is 9.53 Å². The number of benzene rings is 1. The summed E-state index contributed by atoms with van der Waals surface area (Å²) in [7, 11) is 1.27. The van der Waals surface area contributed by atoms with Gasteiger partial charge in [0.2, 0.25) is 0 Å². The van der Waals surface area contributed by atoms with Crippen molar-refractivity contribution < 1.29 is 9.53 Å². The molecule has 1 N–H and O–H groups in total. The molecular weight excluding hydrogens is 260 g/mol. The second-order valence-corrected chi connectivity index (χ2v) is 4.58. The van der Waals surface area contributed by atoms with Crippen LogP contribution in [0.5, 0.6) is 0 Å². The summed E-state index contributed by atoms with van der Waals surface area (Å²) in [6.07, 6.45) is 3.63. The van der Waals surface area contributed by atoms with Gasteiger partial charge in [-0.2, -0.15) is 5.26 Å². The van der Waals surface area contributed by atoms with E-state index in [2.05, 4.69) is 9.72 Å². The number of fused-ring (bicyclic) bond motifs is 1. The number of aromatic nitrogens is 1. The van der Waals surface area contributed by atoms with E-state index in [1.165, 1.54) is 18.9 Å². The smallest absolute Gasteiger partial charge is 0.349 e. The summed E-state index contributed by atoms with van der Waals surface area (Å²) in [5.41, 5.74) is 1.83. The first kappa shape index (κ1) is 13.2. The monoisotopic (exact) mass is 272 g/mol. The highest BCUT2D eigenvalue weighted by Crippen LogP contribution is 2.34. The van der Waals surface area contributed by atoms with Crippen molar-refractivity contribution in [2.45, 2.75) is 0 Å². The van der Waals surface area contributed by atoms with Gasteiger partial charge in [0.15, 0.2) is 5.57 Å². The highest BCUT2D eigenvalue weighted by atomic mass is 32.2. The molecule has 0 atom stereocenters. The first-order valence-electron chi connectivity index (χ1n) is 5.56. The molecule has 0 saturated carbocycles. The Bertz CT molecular complexity index is 695. The van der Waals surface area contributed by atoms with Crippen molar-refractivity contribution in [2.24, 2.45) is 0 Å². The molecule has 0 aliphatic rings. The van der Waals surface area contributed by atoms with Gasteiger partial charge in [-0.3, -0.25) is 0 Å². The molecule has 5 heteroatoms. The number of para-hydroxylation sites is 1. The standard InChI is InChI=1S/C14H12N2O2S/c1-18-14(17)10(7-15)13(19-2)11-8-16-12-6-4-3-5-9(11)12/h3-6,8,16H,1-2H3/b13-10-. The minimum atomic E-state index is -0.614. The zero-order valence-electron chi connectivity index (χ0n) is 10.6. The second kappa shape index (κ2) is 5.63. The number of H-pyrrole nitrogens is 1. The summed E-state index contributed by atoms with van der Waals surface area (Å²) in [4.78, 5) is 15.4. The Morgan fingerprint density at radius 1 is 1.42 bits per heavy atom. The van der Waals surface area contributed by atoms with E-state index in [1.54, 1.807) is 6.20 Å². The van der Waals surface area contributed by atoms with E-state index in [9.17, 15) is 4.79 Å². The number of nitriles is 1. The van der Waals surface area contributed by atoms with E-state index < -0.39 is 5.97 Å². The van der Waals surface area contributed by atoms with Crippen molar-refractivity contribution in [3.63, 3.8) is 0 Å². The number of nitrogens with one attached hydrogen (secondary N) is 1. The van der Waals surface area contributed by atoms with E-state index in [1.807, 2.05) is 36.6 Å². The number of thioether (sulfide) groups is 1. The summed E-state index contributed by atoms with van der Waals surface area (Å²) in [6.45, 7) is 0. The second-order valence-electron chi connectivity index (χ2n) is 3.76. The molecule has 1 aromatic carbocycles. The number of nitrogens with zero attached hydrogens (tertiary/aromatic N) is 1. The predicted molar refractivity (Wildman–Crippen MR) is 76.4 cm³/mol. The molecule has 0 unspecified atom stereocenters. The molecule has 1 aromatic heterocycles. The van der Waals surface area contributed by atoms with Crippen LogP contribution in [0, 0.1) is 11.3 Å². The lowest BCUT2D eigenvalue weighted by Gasteiger charge is -2.05. The Morgan fingerprint density at radius 2 is 2.16 bits per heavy atom. The lowest BCUT2D eigenvalue weighted by atomic mass is 10.1. The lowest BCUT2D eigenvalue weighted by molar-refractivity contribution is -0.135. The zero-order valence-corrected chi connectivity index (χ0v) is 11.4. The van der Waals surface area contributed by atoms with Crippen LogP contribution in [0.4, 0.5) is 0 Å². The van der Waals surface area contributed by atoms with Crippen molar-refractivity contribution >= 4 is 33.5 Å². The molecule has 0 amide bonds. The topological polar surface area (TPSA) is 65.9 Å². The van der Waals surface area contributed by atoms with Gasteiger partial charge in [0, 0.05) is 27.6 Å². The third-order valence-electron chi connectivity index (χ3n) is 2.77. The molecule has 96 valence electrons. The van der Waals surface area contributed by atoms with Crippen molar-refractivity contribution in [3.05, 3.63) is 41.6 Å². The van der Waals surface area contributed by atoms with Crippen LogP contribution < -0.4 is 0 Å². The number of aromatic amines is 1. The molecule has 0 aliphatic heterocycles. The fraction of sp³-hybridized carbons (Fsp3) is 0.143. The summed E-state index contributed by atoms with van der Waals surface area (Å²) in [5.74, 6) is -0.614. The van der Waals surface area contributed by atoms with Crippen molar-refractivity contribution in [3.8, 4) is 6.07 Å². The Balaban J connectivity index is 2.69. The van der Waals surface area contributed by atoms with Gasteiger partial charge in [-0.25, -0.2) is 4.79 Å². The van der Waals surface area contributed by atoms with Gasteiger partial charge < -0.3 is 9.72 Å². The van der Waals surface area contributed by atoms with Gasteiger partial charge in [0.1, 0.15) is 6.07 Å². The van der Waals surface area contributed by atoms with Crippen LogP contribution in [-0.4, -0.2) is 24.3 Å². The average molecular weight is 272 g/mol. The quantitative estimate of drug-likeness (QED) is 0.530. The van der Waals surface area contributed by atoms with E-state index in [0.717, 1.165) is 16.5 Å². The maximum atomic E-state index is 11.6. The fourth-order valence-corrected chi connectivity index (χ4v) is 2.62.